The molecule has 0 aromatic heterocycles. The first-order valence-electron chi connectivity index (χ1n) is 12.2. The molecule has 170 valence electrons. The molecule has 3 fully saturated rings. The number of allylic oxidation sites excluding steroid dienone is 4. The first-order chi connectivity index (χ1) is 14.0. The molecule has 3 saturated carbocycles. The summed E-state index contributed by atoms with van der Waals surface area (Å²) in [7, 11) is 0. The normalized spacial score (nSPS) is 40.1. The highest BCUT2D eigenvalue weighted by Crippen LogP contribution is 2.59. The molecule has 0 spiro atoms. The lowest BCUT2D eigenvalue weighted by Crippen LogP contribution is -2.35. The molecule has 3 N–H and O–H groups in total. The largest absolute Gasteiger partial charge is 0.393 e. The monoisotopic (exact) mass is 416 g/mol. The number of aliphatic hydroxyl groups is 3. The van der Waals surface area contributed by atoms with Gasteiger partial charge in [-0.25, -0.2) is 0 Å². The third-order valence-corrected chi connectivity index (χ3v) is 8.56. The summed E-state index contributed by atoms with van der Waals surface area (Å²) >= 11 is 0. The number of aliphatic hydroxyl groups excluding tert-OH is 2. The van der Waals surface area contributed by atoms with E-state index in [0.29, 0.717) is 42.4 Å². The Morgan fingerprint density at radius 2 is 1.70 bits per heavy atom. The van der Waals surface area contributed by atoms with Gasteiger partial charge in [0, 0.05) is 5.92 Å². The fraction of sp³-hybridized carbons (Fsp3) is 0.778. The van der Waals surface area contributed by atoms with Crippen molar-refractivity contribution < 1.29 is 15.3 Å². The molecule has 3 nitrogen and oxygen atoms in total. The summed E-state index contributed by atoms with van der Waals surface area (Å²) in [6.07, 6.45) is 16.5. The van der Waals surface area contributed by atoms with Crippen LogP contribution >= 0.6 is 0 Å². The zero-order valence-corrected chi connectivity index (χ0v) is 19.8. The van der Waals surface area contributed by atoms with Gasteiger partial charge < -0.3 is 15.3 Å². The summed E-state index contributed by atoms with van der Waals surface area (Å²) in [6, 6.07) is 0. The van der Waals surface area contributed by atoms with Crippen LogP contribution in [0.3, 0.4) is 0 Å². The van der Waals surface area contributed by atoms with Gasteiger partial charge in [0.1, 0.15) is 0 Å². The van der Waals surface area contributed by atoms with E-state index < -0.39 is 17.8 Å². The molecular formula is C27H44O3. The average molecular weight is 417 g/mol. The predicted molar refractivity (Wildman–Crippen MR) is 124 cm³/mol. The molecule has 3 aliphatic rings. The molecule has 0 aliphatic heterocycles. The Morgan fingerprint density at radius 1 is 1.03 bits per heavy atom. The molecule has 0 aromatic carbocycles. The van der Waals surface area contributed by atoms with Crippen LogP contribution in [0.15, 0.2) is 35.5 Å². The van der Waals surface area contributed by atoms with Crippen LogP contribution in [0.5, 0.6) is 0 Å². The van der Waals surface area contributed by atoms with E-state index in [4.69, 9.17) is 0 Å². The quantitative estimate of drug-likeness (QED) is 0.514. The van der Waals surface area contributed by atoms with Gasteiger partial charge in [0.05, 0.1) is 17.8 Å². The van der Waals surface area contributed by atoms with E-state index in [0.717, 1.165) is 0 Å². The second-order valence-electron chi connectivity index (χ2n) is 11.3. The predicted octanol–water partition coefficient (Wildman–Crippen LogP) is 5.56. The standard InChI is InChI=1S/C27H44O3/c1-18(8-9-19(2)26(3,4)30)24-12-13-25-21(7-6-14-27(24,25)5)11-10-20-15-22(28)17-23(29)16-20/h8-11,18-19,22-25,28-30H,6-7,12-17H2,1-5H3/b9-8+,20-10?,21-11+/t18-,19+,22-,23+,24-,25+,27-/m1/s1. The molecule has 30 heavy (non-hydrogen) atoms. The topological polar surface area (TPSA) is 60.7 Å². The summed E-state index contributed by atoms with van der Waals surface area (Å²) < 4.78 is 0. The molecule has 0 heterocycles. The molecule has 3 rings (SSSR count). The maximum Gasteiger partial charge on any atom is 0.0651 e. The average Bonchev–Trinajstić information content (AvgIpc) is 3.00. The maximum absolute atomic E-state index is 10.2. The smallest absolute Gasteiger partial charge is 0.0651 e. The van der Waals surface area contributed by atoms with Crippen molar-refractivity contribution in [2.45, 2.75) is 104 Å². The molecule has 0 saturated heterocycles. The van der Waals surface area contributed by atoms with E-state index in [2.05, 4.69) is 45.1 Å². The van der Waals surface area contributed by atoms with E-state index in [1.165, 1.54) is 37.7 Å². The lowest BCUT2D eigenvalue weighted by molar-refractivity contribution is 0.0436. The molecule has 7 atom stereocenters. The lowest BCUT2D eigenvalue weighted by atomic mass is 9.61. The second kappa shape index (κ2) is 9.30. The molecule has 0 amide bonds. The van der Waals surface area contributed by atoms with Gasteiger partial charge in [-0.15, -0.1) is 0 Å². The first kappa shape index (κ1) is 23.8. The Hall–Kier alpha value is -0.900. The highest BCUT2D eigenvalue weighted by Gasteiger charge is 2.50. The minimum Gasteiger partial charge on any atom is -0.393 e. The molecule has 0 aromatic rings. The Balaban J connectivity index is 1.73. The summed E-state index contributed by atoms with van der Waals surface area (Å²) in [5.41, 5.74) is 2.43. The molecular weight excluding hydrogens is 372 g/mol. The lowest BCUT2D eigenvalue weighted by Gasteiger charge is -2.44. The SMILES string of the molecule is C[C@H](/C=C/[C@H](C)C(C)(C)O)[C@H]1CC[C@H]2/C(=C/C=C3C[C@@H](O)C[C@@H](O)C3)CCC[C@]12C. The fourth-order valence-electron chi connectivity index (χ4n) is 6.39. The van der Waals surface area contributed by atoms with Crippen molar-refractivity contribution in [3.63, 3.8) is 0 Å². The highest BCUT2D eigenvalue weighted by molar-refractivity contribution is 5.26. The zero-order chi connectivity index (χ0) is 22.1. The summed E-state index contributed by atoms with van der Waals surface area (Å²) in [5.74, 6) is 2.00. The van der Waals surface area contributed by atoms with Gasteiger partial charge in [0.2, 0.25) is 0 Å². The summed E-state index contributed by atoms with van der Waals surface area (Å²) in [5, 5.41) is 30.2. The minimum absolute atomic E-state index is 0.152. The van der Waals surface area contributed by atoms with Crippen LogP contribution in [-0.2, 0) is 0 Å². The third-order valence-electron chi connectivity index (χ3n) is 8.56. The van der Waals surface area contributed by atoms with Crippen molar-refractivity contribution in [2.24, 2.45) is 29.1 Å². The van der Waals surface area contributed by atoms with Crippen LogP contribution in [0.2, 0.25) is 0 Å². The molecule has 0 bridgehead atoms. The van der Waals surface area contributed by atoms with E-state index in [9.17, 15) is 15.3 Å². The zero-order valence-electron chi connectivity index (χ0n) is 19.8. The second-order valence-corrected chi connectivity index (χ2v) is 11.3. The fourth-order valence-corrected chi connectivity index (χ4v) is 6.39. The Bertz CT molecular complexity index is 671. The van der Waals surface area contributed by atoms with Gasteiger partial charge in [-0.1, -0.05) is 56.2 Å². The van der Waals surface area contributed by atoms with Gasteiger partial charge in [0.25, 0.3) is 0 Å². The van der Waals surface area contributed by atoms with Crippen LogP contribution in [0.1, 0.15) is 86.0 Å². The van der Waals surface area contributed by atoms with Crippen LogP contribution < -0.4 is 0 Å². The first-order valence-corrected chi connectivity index (χ1v) is 12.2. The number of rotatable bonds is 5. The van der Waals surface area contributed by atoms with Crippen LogP contribution in [0.4, 0.5) is 0 Å². The van der Waals surface area contributed by atoms with Crippen molar-refractivity contribution in [2.75, 3.05) is 0 Å². The van der Waals surface area contributed by atoms with Crippen molar-refractivity contribution in [1.82, 2.24) is 0 Å². The van der Waals surface area contributed by atoms with Crippen molar-refractivity contribution >= 4 is 0 Å². The van der Waals surface area contributed by atoms with Gasteiger partial charge >= 0.3 is 0 Å². The van der Waals surface area contributed by atoms with Crippen molar-refractivity contribution in [3.05, 3.63) is 35.5 Å². The summed E-state index contributed by atoms with van der Waals surface area (Å²) in [4.78, 5) is 0. The van der Waals surface area contributed by atoms with E-state index in [1.54, 1.807) is 5.57 Å². The molecule has 3 heteroatoms. The van der Waals surface area contributed by atoms with Gasteiger partial charge in [-0.3, -0.25) is 0 Å². The third kappa shape index (κ3) is 5.29. The number of fused-ring (bicyclic) bond motifs is 1. The van der Waals surface area contributed by atoms with Crippen molar-refractivity contribution in [1.29, 1.82) is 0 Å². The Labute approximate surface area is 184 Å². The van der Waals surface area contributed by atoms with Gasteiger partial charge in [-0.2, -0.15) is 0 Å². The minimum atomic E-state index is -0.674. The van der Waals surface area contributed by atoms with Crippen LogP contribution in [0.25, 0.3) is 0 Å². The summed E-state index contributed by atoms with van der Waals surface area (Å²) in [6.45, 7) is 10.7. The number of hydrogen-bond acceptors (Lipinski definition) is 3. The van der Waals surface area contributed by atoms with Gasteiger partial charge in [-0.05, 0) is 88.4 Å². The van der Waals surface area contributed by atoms with Crippen LogP contribution in [-0.4, -0.2) is 33.1 Å². The number of hydrogen-bond donors (Lipinski definition) is 3. The Kier molecular flexibility index (Phi) is 7.37. The molecule has 3 aliphatic carbocycles. The van der Waals surface area contributed by atoms with Crippen molar-refractivity contribution in [3.8, 4) is 0 Å². The maximum atomic E-state index is 10.2. The Morgan fingerprint density at radius 3 is 2.33 bits per heavy atom. The van der Waals surface area contributed by atoms with E-state index in [-0.39, 0.29) is 5.92 Å². The highest BCUT2D eigenvalue weighted by atomic mass is 16.3. The van der Waals surface area contributed by atoms with Crippen LogP contribution in [0, 0.1) is 29.1 Å². The molecule has 0 radical (unpaired) electrons. The van der Waals surface area contributed by atoms with Gasteiger partial charge in [0.15, 0.2) is 0 Å². The van der Waals surface area contributed by atoms with E-state index in [1.807, 2.05) is 13.8 Å². The molecule has 0 unspecified atom stereocenters. The van der Waals surface area contributed by atoms with E-state index >= 15 is 0 Å².